The largest absolute Gasteiger partial charge is 0.492 e. The van der Waals surface area contributed by atoms with Crippen molar-refractivity contribution in [1.29, 1.82) is 0 Å². The zero-order valence-corrected chi connectivity index (χ0v) is 21.0. The summed E-state index contributed by atoms with van der Waals surface area (Å²) in [4.78, 5) is 27.0. The Labute approximate surface area is 210 Å². The lowest BCUT2D eigenvalue weighted by molar-refractivity contribution is -0.384. The molecule has 0 unspecified atom stereocenters. The Morgan fingerprint density at radius 3 is 2.25 bits per heavy atom. The first-order valence-electron chi connectivity index (χ1n) is 12.1. The van der Waals surface area contributed by atoms with Gasteiger partial charge in [0.1, 0.15) is 23.7 Å². The molecule has 0 amide bonds. The molecule has 0 spiro atoms. The van der Waals surface area contributed by atoms with E-state index in [0.717, 1.165) is 36.5 Å². The van der Waals surface area contributed by atoms with E-state index in [4.69, 9.17) is 9.15 Å². The van der Waals surface area contributed by atoms with Crippen LogP contribution in [0.1, 0.15) is 40.9 Å². The molecule has 36 heavy (non-hydrogen) atoms. The Morgan fingerprint density at radius 1 is 0.972 bits per heavy atom. The normalized spacial score (nSPS) is 11.2. The molecule has 4 aromatic rings. The fourth-order valence-electron chi connectivity index (χ4n) is 4.41. The summed E-state index contributed by atoms with van der Waals surface area (Å²) in [6, 6.07) is 17.3. The van der Waals surface area contributed by atoms with Crippen LogP contribution in [0.3, 0.4) is 0 Å². The van der Waals surface area contributed by atoms with Crippen molar-refractivity contribution in [2.75, 3.05) is 26.2 Å². The Kier molecular flexibility index (Phi) is 7.50. The van der Waals surface area contributed by atoms with E-state index in [1.54, 1.807) is 6.07 Å². The van der Waals surface area contributed by atoms with E-state index < -0.39 is 4.92 Å². The number of furan rings is 1. The molecule has 0 aliphatic rings. The van der Waals surface area contributed by atoms with E-state index in [1.165, 1.54) is 12.1 Å². The lowest BCUT2D eigenvalue weighted by Gasteiger charge is -2.18. The topological polar surface area (TPSA) is 85.8 Å². The predicted octanol–water partition coefficient (Wildman–Crippen LogP) is 6.58. The first kappa shape index (κ1) is 25.1. The monoisotopic (exact) mass is 486 g/mol. The predicted molar refractivity (Wildman–Crippen MR) is 141 cm³/mol. The Hall–Kier alpha value is -3.97. The number of ketones is 1. The van der Waals surface area contributed by atoms with Crippen molar-refractivity contribution in [1.82, 2.24) is 4.90 Å². The molecule has 0 saturated heterocycles. The van der Waals surface area contributed by atoms with Gasteiger partial charge in [0.2, 0.25) is 0 Å². The van der Waals surface area contributed by atoms with Crippen molar-refractivity contribution in [2.45, 2.75) is 27.7 Å². The zero-order valence-electron chi connectivity index (χ0n) is 21.0. The van der Waals surface area contributed by atoms with Crippen molar-refractivity contribution in [3.8, 4) is 17.1 Å². The maximum Gasteiger partial charge on any atom is 0.270 e. The zero-order chi connectivity index (χ0) is 25.8. The molecular weight excluding hydrogens is 456 g/mol. The number of carbonyl (C=O) groups excluding carboxylic acids is 1. The number of benzene rings is 3. The summed E-state index contributed by atoms with van der Waals surface area (Å²) in [6.07, 6.45) is 0. The SMILES string of the molecule is CCN(CC)CCOc1ccc(-c2oc3ccc([N+](=O)[O-])cc3c2C(=O)c2cc(C)cc(C)c2)cc1. The highest BCUT2D eigenvalue weighted by atomic mass is 16.6. The van der Waals surface area contributed by atoms with Gasteiger partial charge < -0.3 is 14.1 Å². The summed E-state index contributed by atoms with van der Waals surface area (Å²) < 4.78 is 12.0. The van der Waals surface area contributed by atoms with E-state index in [2.05, 4.69) is 18.7 Å². The van der Waals surface area contributed by atoms with Crippen LogP contribution in [0.5, 0.6) is 5.75 Å². The highest BCUT2D eigenvalue weighted by Gasteiger charge is 2.25. The summed E-state index contributed by atoms with van der Waals surface area (Å²) in [5.74, 6) is 0.861. The average molecular weight is 487 g/mol. The highest BCUT2D eigenvalue weighted by Crippen LogP contribution is 2.37. The third-order valence-electron chi connectivity index (χ3n) is 6.28. The van der Waals surface area contributed by atoms with Gasteiger partial charge in [-0.2, -0.15) is 0 Å². The third-order valence-corrected chi connectivity index (χ3v) is 6.28. The molecule has 0 aliphatic heterocycles. The fraction of sp³-hybridized carbons (Fsp3) is 0.276. The van der Waals surface area contributed by atoms with Crippen molar-refractivity contribution in [3.63, 3.8) is 0 Å². The second-order valence-corrected chi connectivity index (χ2v) is 8.85. The molecule has 1 heterocycles. The van der Waals surface area contributed by atoms with Gasteiger partial charge in [-0.3, -0.25) is 14.9 Å². The number of hydrogen-bond donors (Lipinski definition) is 0. The number of nitro benzene ring substituents is 1. The van der Waals surface area contributed by atoms with E-state index in [9.17, 15) is 14.9 Å². The van der Waals surface area contributed by atoms with Gasteiger partial charge in [-0.15, -0.1) is 0 Å². The number of carbonyl (C=O) groups is 1. The van der Waals surface area contributed by atoms with Crippen LogP contribution in [-0.2, 0) is 0 Å². The molecule has 0 fully saturated rings. The number of aryl methyl sites for hydroxylation is 2. The van der Waals surface area contributed by atoms with Crippen molar-refractivity contribution in [3.05, 3.63) is 93.0 Å². The van der Waals surface area contributed by atoms with Gasteiger partial charge in [-0.05, 0) is 69.4 Å². The minimum atomic E-state index is -0.471. The lowest BCUT2D eigenvalue weighted by Crippen LogP contribution is -2.27. The van der Waals surface area contributed by atoms with Gasteiger partial charge >= 0.3 is 0 Å². The van der Waals surface area contributed by atoms with Gasteiger partial charge in [-0.1, -0.05) is 31.0 Å². The second-order valence-electron chi connectivity index (χ2n) is 8.85. The molecule has 3 aromatic carbocycles. The van der Waals surface area contributed by atoms with Crippen LogP contribution in [0.4, 0.5) is 5.69 Å². The molecule has 0 aliphatic carbocycles. The van der Waals surface area contributed by atoms with Gasteiger partial charge in [0.05, 0.1) is 10.5 Å². The highest BCUT2D eigenvalue weighted by molar-refractivity contribution is 6.20. The first-order chi connectivity index (χ1) is 17.3. The number of ether oxygens (including phenoxy) is 1. The van der Waals surface area contributed by atoms with Crippen molar-refractivity contribution < 1.29 is 18.9 Å². The third kappa shape index (κ3) is 5.31. The number of fused-ring (bicyclic) bond motifs is 1. The summed E-state index contributed by atoms with van der Waals surface area (Å²) in [7, 11) is 0. The van der Waals surface area contributed by atoms with Gasteiger partial charge in [0.15, 0.2) is 5.78 Å². The molecule has 0 saturated carbocycles. The summed E-state index contributed by atoms with van der Waals surface area (Å²) in [6.45, 7) is 11.5. The molecule has 0 radical (unpaired) electrons. The van der Waals surface area contributed by atoms with Gasteiger partial charge in [0.25, 0.3) is 5.69 Å². The van der Waals surface area contributed by atoms with E-state index in [0.29, 0.717) is 40.0 Å². The molecule has 0 bridgehead atoms. The lowest BCUT2D eigenvalue weighted by atomic mass is 9.95. The number of likely N-dealkylation sites (N-methyl/N-ethyl adjacent to an activating group) is 1. The molecule has 0 atom stereocenters. The van der Waals surface area contributed by atoms with E-state index in [1.807, 2.05) is 56.3 Å². The maximum absolute atomic E-state index is 13.8. The van der Waals surface area contributed by atoms with Crippen molar-refractivity contribution >= 4 is 22.4 Å². The molecule has 4 rings (SSSR count). The molecule has 7 heteroatoms. The summed E-state index contributed by atoms with van der Waals surface area (Å²) in [5.41, 5.74) is 3.77. The number of nitrogens with zero attached hydrogens (tertiary/aromatic N) is 2. The molecule has 0 N–H and O–H groups in total. The Balaban J connectivity index is 1.74. The number of nitro groups is 1. The molecule has 7 nitrogen and oxygen atoms in total. The van der Waals surface area contributed by atoms with Crippen LogP contribution < -0.4 is 4.74 Å². The first-order valence-corrected chi connectivity index (χ1v) is 12.1. The van der Waals surface area contributed by atoms with Crippen LogP contribution in [0.15, 0.2) is 65.1 Å². The summed E-state index contributed by atoms with van der Waals surface area (Å²) >= 11 is 0. The summed E-state index contributed by atoms with van der Waals surface area (Å²) in [5, 5.41) is 11.9. The van der Waals surface area contributed by atoms with Gasteiger partial charge in [-0.25, -0.2) is 0 Å². The standard InChI is InChI=1S/C29H30N2O5/c1-5-30(6-2)13-14-35-24-10-7-21(8-11-24)29-27(28(32)22-16-19(3)15-20(4)17-22)25-18-23(31(33)34)9-12-26(25)36-29/h7-12,15-18H,5-6,13-14H2,1-4H3. The Morgan fingerprint density at radius 2 is 1.64 bits per heavy atom. The second kappa shape index (κ2) is 10.7. The number of non-ortho nitro benzene ring substituents is 1. The number of rotatable bonds is 10. The molecular formula is C29H30N2O5. The van der Waals surface area contributed by atoms with Crippen LogP contribution in [0.25, 0.3) is 22.3 Å². The minimum Gasteiger partial charge on any atom is -0.492 e. The quantitative estimate of drug-likeness (QED) is 0.143. The molecule has 1 aromatic heterocycles. The van der Waals surface area contributed by atoms with Gasteiger partial charge in [0, 0.05) is 35.2 Å². The Bertz CT molecular complexity index is 1380. The average Bonchev–Trinajstić information content (AvgIpc) is 3.24. The van der Waals surface area contributed by atoms with E-state index >= 15 is 0 Å². The number of hydrogen-bond acceptors (Lipinski definition) is 6. The van der Waals surface area contributed by atoms with Crippen LogP contribution in [0.2, 0.25) is 0 Å². The minimum absolute atomic E-state index is 0.0960. The van der Waals surface area contributed by atoms with Crippen molar-refractivity contribution in [2.24, 2.45) is 0 Å². The molecule has 186 valence electrons. The fourth-order valence-corrected chi connectivity index (χ4v) is 4.41. The van der Waals surface area contributed by atoms with Crippen LogP contribution >= 0.6 is 0 Å². The van der Waals surface area contributed by atoms with E-state index in [-0.39, 0.29) is 11.5 Å². The van der Waals surface area contributed by atoms with Crippen LogP contribution in [0, 0.1) is 24.0 Å². The smallest absolute Gasteiger partial charge is 0.270 e. The maximum atomic E-state index is 13.8. The van der Waals surface area contributed by atoms with Crippen LogP contribution in [-0.4, -0.2) is 41.8 Å².